The molecule has 0 amide bonds. The molecule has 0 unspecified atom stereocenters. The second kappa shape index (κ2) is 6.09. The van der Waals surface area contributed by atoms with Crippen LogP contribution in [0.3, 0.4) is 0 Å². The number of nitrogens with one attached hydrogen (secondary N) is 1. The van der Waals surface area contributed by atoms with E-state index in [0.29, 0.717) is 11.3 Å². The highest BCUT2D eigenvalue weighted by molar-refractivity contribution is 6.04. The van der Waals surface area contributed by atoms with Gasteiger partial charge in [0.15, 0.2) is 5.65 Å². The average molecular weight is 291 g/mol. The van der Waals surface area contributed by atoms with Gasteiger partial charge in [-0.1, -0.05) is 0 Å². The maximum atomic E-state index is 11.5. The van der Waals surface area contributed by atoms with Crippen molar-refractivity contribution in [3.63, 3.8) is 0 Å². The Kier molecular flexibility index (Phi) is 4.42. The van der Waals surface area contributed by atoms with Gasteiger partial charge in [0.2, 0.25) is 0 Å². The third-order valence-electron chi connectivity index (χ3n) is 3.53. The molecule has 114 valence electrons. The molecular formula is C14H21N5O2. The van der Waals surface area contributed by atoms with E-state index in [1.165, 1.54) is 6.20 Å². The Morgan fingerprint density at radius 1 is 1.52 bits per heavy atom. The number of aromatic carboxylic acids is 1. The van der Waals surface area contributed by atoms with Crippen molar-refractivity contribution in [1.82, 2.24) is 20.1 Å². The average Bonchev–Trinajstić information content (AvgIpc) is 2.73. The van der Waals surface area contributed by atoms with Gasteiger partial charge in [-0.2, -0.15) is 5.10 Å². The minimum atomic E-state index is -0.969. The minimum absolute atomic E-state index is 0.213. The van der Waals surface area contributed by atoms with Crippen molar-refractivity contribution < 1.29 is 9.90 Å². The molecule has 0 aliphatic carbocycles. The SMILES string of the molecule is CNCCCN(C)c1c(C(=O)O)cnc2c1c(C)nn2C. The Morgan fingerprint density at radius 3 is 2.86 bits per heavy atom. The fraction of sp³-hybridized carbons (Fsp3) is 0.500. The van der Waals surface area contributed by atoms with E-state index in [1.54, 1.807) is 4.68 Å². The molecular weight excluding hydrogens is 270 g/mol. The van der Waals surface area contributed by atoms with Crippen molar-refractivity contribution in [2.45, 2.75) is 13.3 Å². The summed E-state index contributed by atoms with van der Waals surface area (Å²) in [6, 6.07) is 0. The first kappa shape index (κ1) is 15.2. The predicted molar refractivity (Wildman–Crippen MR) is 82.0 cm³/mol. The summed E-state index contributed by atoms with van der Waals surface area (Å²) in [4.78, 5) is 17.7. The summed E-state index contributed by atoms with van der Waals surface area (Å²) >= 11 is 0. The van der Waals surface area contributed by atoms with E-state index in [4.69, 9.17) is 0 Å². The van der Waals surface area contributed by atoms with Crippen molar-refractivity contribution >= 4 is 22.7 Å². The van der Waals surface area contributed by atoms with Gasteiger partial charge in [-0.3, -0.25) is 4.68 Å². The van der Waals surface area contributed by atoms with E-state index in [2.05, 4.69) is 15.4 Å². The number of pyridine rings is 1. The summed E-state index contributed by atoms with van der Waals surface area (Å²) in [7, 11) is 5.62. The zero-order valence-electron chi connectivity index (χ0n) is 12.8. The van der Waals surface area contributed by atoms with Crippen LogP contribution in [-0.4, -0.2) is 53.0 Å². The lowest BCUT2D eigenvalue weighted by Gasteiger charge is -2.22. The van der Waals surface area contributed by atoms with Crippen molar-refractivity contribution in [3.05, 3.63) is 17.5 Å². The largest absolute Gasteiger partial charge is 0.478 e. The fourth-order valence-electron chi connectivity index (χ4n) is 2.55. The number of anilines is 1. The highest BCUT2D eigenvalue weighted by Crippen LogP contribution is 2.31. The van der Waals surface area contributed by atoms with E-state index in [-0.39, 0.29) is 5.56 Å². The summed E-state index contributed by atoms with van der Waals surface area (Å²) in [5, 5.41) is 17.7. The summed E-state index contributed by atoms with van der Waals surface area (Å²) < 4.78 is 1.68. The van der Waals surface area contributed by atoms with Gasteiger partial charge >= 0.3 is 5.97 Å². The summed E-state index contributed by atoms with van der Waals surface area (Å²) in [6.45, 7) is 3.52. The van der Waals surface area contributed by atoms with E-state index < -0.39 is 5.97 Å². The van der Waals surface area contributed by atoms with Crippen LogP contribution in [0.5, 0.6) is 0 Å². The van der Waals surface area contributed by atoms with Crippen molar-refractivity contribution in [3.8, 4) is 0 Å². The molecule has 0 saturated heterocycles. The van der Waals surface area contributed by atoms with Gasteiger partial charge in [-0.25, -0.2) is 9.78 Å². The number of aromatic nitrogens is 3. The molecule has 0 fully saturated rings. The van der Waals surface area contributed by atoms with Crippen LogP contribution in [0, 0.1) is 6.92 Å². The van der Waals surface area contributed by atoms with E-state index in [9.17, 15) is 9.90 Å². The van der Waals surface area contributed by atoms with Gasteiger partial charge in [0.1, 0.15) is 5.56 Å². The second-order valence-corrected chi connectivity index (χ2v) is 5.11. The number of hydrogen-bond acceptors (Lipinski definition) is 5. The number of carbonyl (C=O) groups is 1. The molecule has 7 nitrogen and oxygen atoms in total. The molecule has 2 aromatic heterocycles. The zero-order valence-corrected chi connectivity index (χ0v) is 12.8. The predicted octanol–water partition coefficient (Wildman–Crippen LogP) is 1.02. The first-order valence-electron chi connectivity index (χ1n) is 6.88. The fourth-order valence-corrected chi connectivity index (χ4v) is 2.55. The zero-order chi connectivity index (χ0) is 15.6. The molecule has 0 aromatic carbocycles. The van der Waals surface area contributed by atoms with E-state index >= 15 is 0 Å². The Balaban J connectivity index is 2.56. The van der Waals surface area contributed by atoms with Gasteiger partial charge < -0.3 is 15.3 Å². The highest BCUT2D eigenvalue weighted by Gasteiger charge is 2.21. The number of carboxylic acids is 1. The van der Waals surface area contributed by atoms with Crippen LogP contribution in [0.25, 0.3) is 11.0 Å². The molecule has 2 aromatic rings. The maximum Gasteiger partial charge on any atom is 0.339 e. The van der Waals surface area contributed by atoms with Gasteiger partial charge in [-0.05, 0) is 26.9 Å². The molecule has 2 heterocycles. The van der Waals surface area contributed by atoms with E-state index in [1.807, 2.05) is 33.0 Å². The third kappa shape index (κ3) is 2.82. The number of aryl methyl sites for hydroxylation is 2. The van der Waals surface area contributed by atoms with E-state index in [0.717, 1.165) is 30.6 Å². The molecule has 0 saturated carbocycles. The molecule has 21 heavy (non-hydrogen) atoms. The molecule has 0 radical (unpaired) electrons. The van der Waals surface area contributed by atoms with Crippen LogP contribution in [-0.2, 0) is 7.05 Å². The monoisotopic (exact) mass is 291 g/mol. The molecule has 0 aliphatic heterocycles. The highest BCUT2D eigenvalue weighted by atomic mass is 16.4. The summed E-state index contributed by atoms with van der Waals surface area (Å²) in [5.74, 6) is -0.969. The first-order valence-corrected chi connectivity index (χ1v) is 6.88. The lowest BCUT2D eigenvalue weighted by Crippen LogP contribution is -2.24. The summed E-state index contributed by atoms with van der Waals surface area (Å²) in [5.41, 5.74) is 2.39. The number of fused-ring (bicyclic) bond motifs is 1. The van der Waals surface area contributed by atoms with Crippen LogP contribution in [0.15, 0.2) is 6.20 Å². The molecule has 2 rings (SSSR count). The number of carboxylic acid groups (broad SMARTS) is 1. The number of hydrogen-bond donors (Lipinski definition) is 2. The Hall–Kier alpha value is -2.15. The van der Waals surface area contributed by atoms with Gasteiger partial charge in [0.25, 0.3) is 0 Å². The minimum Gasteiger partial charge on any atom is -0.478 e. The molecule has 7 heteroatoms. The second-order valence-electron chi connectivity index (χ2n) is 5.11. The Labute approximate surface area is 123 Å². The normalized spacial score (nSPS) is 11.0. The standard InChI is InChI=1S/C14H21N5O2/c1-9-11-12(18(3)7-5-6-15-2)10(14(20)21)8-16-13(11)19(4)17-9/h8,15H,5-7H2,1-4H3,(H,20,21). The molecule has 0 spiro atoms. The van der Waals surface area contributed by atoms with Crippen LogP contribution in [0.2, 0.25) is 0 Å². The van der Waals surface area contributed by atoms with Gasteiger partial charge in [0.05, 0.1) is 16.8 Å². The first-order chi connectivity index (χ1) is 9.97. The van der Waals surface area contributed by atoms with Crippen LogP contribution >= 0.6 is 0 Å². The van der Waals surface area contributed by atoms with Crippen LogP contribution < -0.4 is 10.2 Å². The van der Waals surface area contributed by atoms with Crippen molar-refractivity contribution in [1.29, 1.82) is 0 Å². The quantitative estimate of drug-likeness (QED) is 0.773. The third-order valence-corrected chi connectivity index (χ3v) is 3.53. The molecule has 0 bridgehead atoms. The van der Waals surface area contributed by atoms with Crippen LogP contribution in [0.1, 0.15) is 22.5 Å². The van der Waals surface area contributed by atoms with Gasteiger partial charge in [0, 0.05) is 26.8 Å². The maximum absolute atomic E-state index is 11.5. The topological polar surface area (TPSA) is 83.3 Å². The molecule has 0 atom stereocenters. The lowest BCUT2D eigenvalue weighted by molar-refractivity contribution is 0.0697. The molecule has 0 aliphatic rings. The van der Waals surface area contributed by atoms with Gasteiger partial charge in [-0.15, -0.1) is 0 Å². The van der Waals surface area contributed by atoms with Crippen LogP contribution in [0.4, 0.5) is 5.69 Å². The molecule has 2 N–H and O–H groups in total. The smallest absolute Gasteiger partial charge is 0.339 e. The summed E-state index contributed by atoms with van der Waals surface area (Å²) in [6.07, 6.45) is 2.34. The Bertz CT molecular complexity index is 665. The Morgan fingerprint density at radius 2 is 2.24 bits per heavy atom. The number of nitrogens with zero attached hydrogens (tertiary/aromatic N) is 4. The van der Waals surface area contributed by atoms with Crippen molar-refractivity contribution in [2.24, 2.45) is 7.05 Å². The van der Waals surface area contributed by atoms with Crippen molar-refractivity contribution in [2.75, 3.05) is 32.1 Å². The number of rotatable bonds is 6. The lowest BCUT2D eigenvalue weighted by atomic mass is 10.1.